The monoisotopic (exact) mass is 216 g/mol. The zero-order valence-electron chi connectivity index (χ0n) is 9.76. The van der Waals surface area contributed by atoms with Crippen LogP contribution in [0.25, 0.3) is 0 Å². The third kappa shape index (κ3) is 4.29. The number of amides is 1. The zero-order chi connectivity index (χ0) is 12.1. The molecule has 5 nitrogen and oxygen atoms in total. The molecule has 0 aliphatic heterocycles. The summed E-state index contributed by atoms with van der Waals surface area (Å²) in [6.07, 6.45) is 0.378. The number of carbonyl (C=O) groups is 2. The first kappa shape index (κ1) is 13.9. The van der Waals surface area contributed by atoms with Crippen molar-refractivity contribution < 1.29 is 14.7 Å². The van der Waals surface area contributed by atoms with Gasteiger partial charge in [-0.3, -0.25) is 4.79 Å². The molecule has 3 N–H and O–H groups in total. The molecule has 0 spiro atoms. The van der Waals surface area contributed by atoms with Crippen LogP contribution >= 0.6 is 0 Å². The molecule has 0 aromatic carbocycles. The Bertz CT molecular complexity index is 239. The van der Waals surface area contributed by atoms with Gasteiger partial charge in [0.1, 0.15) is 6.04 Å². The fourth-order valence-electron chi connectivity index (χ4n) is 1.20. The number of hydrogen-bond donors (Lipinski definition) is 3. The van der Waals surface area contributed by atoms with Crippen molar-refractivity contribution >= 4 is 11.9 Å². The number of nitrogens with one attached hydrogen (secondary N) is 2. The standard InChI is InChI=1S/C10H20N2O3/c1-5-7(8(13)14)12-9(15)10(3,4)11-6-2/h7,11H,5-6H2,1-4H3,(H,12,15)(H,13,14)/t7-/m0/s1. The van der Waals surface area contributed by atoms with Gasteiger partial charge in [-0.1, -0.05) is 13.8 Å². The number of carboxylic acid groups (broad SMARTS) is 1. The van der Waals surface area contributed by atoms with E-state index in [1.165, 1.54) is 0 Å². The van der Waals surface area contributed by atoms with Crippen molar-refractivity contribution in [3.05, 3.63) is 0 Å². The molecule has 0 saturated carbocycles. The van der Waals surface area contributed by atoms with Gasteiger partial charge in [-0.05, 0) is 26.8 Å². The summed E-state index contributed by atoms with van der Waals surface area (Å²) < 4.78 is 0. The highest BCUT2D eigenvalue weighted by Gasteiger charge is 2.29. The normalized spacial score (nSPS) is 13.3. The molecular formula is C10H20N2O3. The van der Waals surface area contributed by atoms with Crippen LogP contribution in [0.2, 0.25) is 0 Å². The maximum absolute atomic E-state index is 11.7. The van der Waals surface area contributed by atoms with Crippen molar-refractivity contribution in [1.29, 1.82) is 0 Å². The second-order valence-corrected chi connectivity index (χ2v) is 3.93. The topological polar surface area (TPSA) is 78.4 Å². The molecule has 15 heavy (non-hydrogen) atoms. The maximum Gasteiger partial charge on any atom is 0.326 e. The molecule has 1 amide bonds. The van der Waals surface area contributed by atoms with Crippen molar-refractivity contribution in [2.24, 2.45) is 0 Å². The van der Waals surface area contributed by atoms with Gasteiger partial charge >= 0.3 is 5.97 Å². The van der Waals surface area contributed by atoms with E-state index in [2.05, 4.69) is 10.6 Å². The number of aliphatic carboxylic acids is 1. The fourth-order valence-corrected chi connectivity index (χ4v) is 1.20. The molecule has 0 heterocycles. The summed E-state index contributed by atoms with van der Waals surface area (Å²) in [7, 11) is 0. The van der Waals surface area contributed by atoms with E-state index in [0.29, 0.717) is 13.0 Å². The van der Waals surface area contributed by atoms with Crippen LogP contribution in [0.1, 0.15) is 34.1 Å². The van der Waals surface area contributed by atoms with E-state index in [1.54, 1.807) is 20.8 Å². The molecule has 0 rings (SSSR count). The summed E-state index contributed by atoms with van der Waals surface area (Å²) in [5.41, 5.74) is -0.738. The first-order valence-corrected chi connectivity index (χ1v) is 5.14. The lowest BCUT2D eigenvalue weighted by atomic mass is 10.0. The van der Waals surface area contributed by atoms with Crippen molar-refractivity contribution in [2.75, 3.05) is 6.54 Å². The highest BCUT2D eigenvalue weighted by Crippen LogP contribution is 2.03. The molecular weight excluding hydrogens is 196 g/mol. The van der Waals surface area contributed by atoms with Crippen LogP contribution in [0.15, 0.2) is 0 Å². The molecule has 0 aliphatic rings. The van der Waals surface area contributed by atoms with Crippen LogP contribution in [0.5, 0.6) is 0 Å². The second-order valence-electron chi connectivity index (χ2n) is 3.93. The molecule has 0 aromatic rings. The SMILES string of the molecule is CCNC(C)(C)C(=O)N[C@@H](CC)C(=O)O. The van der Waals surface area contributed by atoms with Gasteiger partial charge < -0.3 is 15.7 Å². The van der Waals surface area contributed by atoms with E-state index in [0.717, 1.165) is 0 Å². The van der Waals surface area contributed by atoms with Gasteiger partial charge in [0.05, 0.1) is 5.54 Å². The summed E-state index contributed by atoms with van der Waals surface area (Å²) in [5, 5.41) is 14.3. The Hall–Kier alpha value is -1.10. The summed E-state index contributed by atoms with van der Waals surface area (Å²) in [4.78, 5) is 22.4. The molecule has 0 fully saturated rings. The van der Waals surface area contributed by atoms with Gasteiger partial charge in [-0.15, -0.1) is 0 Å². The summed E-state index contributed by atoms with van der Waals surface area (Å²) in [6, 6.07) is -0.810. The predicted molar refractivity (Wildman–Crippen MR) is 57.6 cm³/mol. The van der Waals surface area contributed by atoms with E-state index in [4.69, 9.17) is 5.11 Å². The Morgan fingerprint density at radius 1 is 1.33 bits per heavy atom. The first-order valence-electron chi connectivity index (χ1n) is 5.14. The Morgan fingerprint density at radius 2 is 1.87 bits per heavy atom. The molecule has 5 heteroatoms. The molecule has 0 aromatic heterocycles. The minimum atomic E-state index is -1.00. The van der Waals surface area contributed by atoms with Gasteiger partial charge in [-0.2, -0.15) is 0 Å². The van der Waals surface area contributed by atoms with E-state index in [1.807, 2.05) is 6.92 Å². The number of hydrogen-bond acceptors (Lipinski definition) is 3. The van der Waals surface area contributed by atoms with Crippen LogP contribution in [-0.4, -0.2) is 35.1 Å². The zero-order valence-corrected chi connectivity index (χ0v) is 9.76. The van der Waals surface area contributed by atoms with Crippen LogP contribution in [0, 0.1) is 0 Å². The van der Waals surface area contributed by atoms with Gasteiger partial charge in [0.2, 0.25) is 5.91 Å². The summed E-state index contributed by atoms with van der Waals surface area (Å²) in [5.74, 6) is -1.29. The lowest BCUT2D eigenvalue weighted by molar-refractivity contribution is -0.142. The van der Waals surface area contributed by atoms with Gasteiger partial charge in [0.15, 0.2) is 0 Å². The largest absolute Gasteiger partial charge is 0.480 e. The van der Waals surface area contributed by atoms with Crippen LogP contribution in [0.3, 0.4) is 0 Å². The number of carbonyl (C=O) groups excluding carboxylic acids is 1. The Labute approximate surface area is 90.2 Å². The minimum Gasteiger partial charge on any atom is -0.480 e. The maximum atomic E-state index is 11.7. The molecule has 0 unspecified atom stereocenters. The quantitative estimate of drug-likeness (QED) is 0.599. The molecule has 0 saturated heterocycles. The third-order valence-electron chi connectivity index (χ3n) is 2.20. The van der Waals surface area contributed by atoms with Crippen molar-refractivity contribution in [2.45, 2.75) is 45.7 Å². The van der Waals surface area contributed by atoms with Crippen molar-refractivity contribution in [3.8, 4) is 0 Å². The number of likely N-dealkylation sites (N-methyl/N-ethyl adjacent to an activating group) is 1. The Morgan fingerprint density at radius 3 is 2.20 bits per heavy atom. The summed E-state index contributed by atoms with van der Waals surface area (Å²) >= 11 is 0. The van der Waals surface area contributed by atoms with Crippen LogP contribution in [-0.2, 0) is 9.59 Å². The van der Waals surface area contributed by atoms with E-state index in [-0.39, 0.29) is 5.91 Å². The fraction of sp³-hybridized carbons (Fsp3) is 0.800. The highest BCUT2D eigenvalue weighted by atomic mass is 16.4. The average molecular weight is 216 g/mol. The van der Waals surface area contributed by atoms with E-state index < -0.39 is 17.6 Å². The number of rotatable bonds is 6. The Kier molecular flexibility index (Phi) is 5.28. The molecule has 0 aliphatic carbocycles. The van der Waals surface area contributed by atoms with Gasteiger partial charge in [-0.25, -0.2) is 4.79 Å². The smallest absolute Gasteiger partial charge is 0.326 e. The van der Waals surface area contributed by atoms with Gasteiger partial charge in [0.25, 0.3) is 0 Å². The van der Waals surface area contributed by atoms with E-state index in [9.17, 15) is 9.59 Å². The lowest BCUT2D eigenvalue weighted by Gasteiger charge is -2.26. The summed E-state index contributed by atoms with van der Waals surface area (Å²) in [6.45, 7) is 7.72. The van der Waals surface area contributed by atoms with Gasteiger partial charge in [0, 0.05) is 0 Å². The van der Waals surface area contributed by atoms with E-state index >= 15 is 0 Å². The first-order chi connectivity index (χ1) is 6.85. The molecule has 88 valence electrons. The third-order valence-corrected chi connectivity index (χ3v) is 2.20. The van der Waals surface area contributed by atoms with Crippen LogP contribution in [0.4, 0.5) is 0 Å². The highest BCUT2D eigenvalue weighted by molar-refractivity contribution is 5.89. The second kappa shape index (κ2) is 5.70. The van der Waals surface area contributed by atoms with Crippen molar-refractivity contribution in [3.63, 3.8) is 0 Å². The lowest BCUT2D eigenvalue weighted by Crippen LogP contribution is -2.56. The van der Waals surface area contributed by atoms with Crippen molar-refractivity contribution in [1.82, 2.24) is 10.6 Å². The molecule has 0 bridgehead atoms. The van der Waals surface area contributed by atoms with Crippen LogP contribution < -0.4 is 10.6 Å². The molecule has 0 radical (unpaired) electrons. The number of carboxylic acids is 1. The predicted octanol–water partition coefficient (Wildman–Crippen LogP) is 0.354. The average Bonchev–Trinajstić information content (AvgIpc) is 2.12. The Balaban J connectivity index is 4.40. The molecule has 1 atom stereocenters. The minimum absolute atomic E-state index is 0.293.